The van der Waals surface area contributed by atoms with Gasteiger partial charge in [-0.25, -0.2) is 8.42 Å². The monoisotopic (exact) mass is 433 g/mol. The van der Waals surface area contributed by atoms with Crippen molar-refractivity contribution in [3.8, 4) is 5.75 Å². The van der Waals surface area contributed by atoms with Crippen molar-refractivity contribution in [2.45, 2.75) is 70.1 Å². The van der Waals surface area contributed by atoms with Gasteiger partial charge in [-0.2, -0.15) is 0 Å². The van der Waals surface area contributed by atoms with E-state index in [2.05, 4.69) is 39.8 Å². The topological polar surface area (TPSA) is 75.6 Å². The van der Waals surface area contributed by atoms with E-state index in [4.69, 9.17) is 4.84 Å². The van der Waals surface area contributed by atoms with Gasteiger partial charge in [0.25, 0.3) is 0 Å². The molecule has 0 amide bonds. The normalized spacial score (nSPS) is 36.2. The maximum absolute atomic E-state index is 13.5. The SMILES string of the molecule is C=C(NOC)c1cc(O)c2c(c1)S(=O)(=O)C[C@@H]1[C@@]3(C)CCCC(C)(C)[C@@H]3CC[C@@]21C. The van der Waals surface area contributed by atoms with Crippen molar-refractivity contribution in [3.63, 3.8) is 0 Å². The van der Waals surface area contributed by atoms with Crippen LogP contribution in [0.4, 0.5) is 0 Å². The average Bonchev–Trinajstić information content (AvgIpc) is 2.63. The minimum Gasteiger partial charge on any atom is -0.508 e. The number of sulfone groups is 1. The van der Waals surface area contributed by atoms with E-state index in [0.29, 0.717) is 22.7 Å². The maximum atomic E-state index is 13.5. The molecule has 2 fully saturated rings. The summed E-state index contributed by atoms with van der Waals surface area (Å²) in [7, 11) is -2.07. The summed E-state index contributed by atoms with van der Waals surface area (Å²) in [4.78, 5) is 5.17. The quantitative estimate of drug-likeness (QED) is 0.670. The van der Waals surface area contributed by atoms with Crippen LogP contribution in [0.3, 0.4) is 0 Å². The second-order valence-electron chi connectivity index (χ2n) is 10.8. The number of hydrogen-bond donors (Lipinski definition) is 2. The lowest BCUT2D eigenvalue weighted by molar-refractivity contribution is -0.0984. The van der Waals surface area contributed by atoms with Crippen LogP contribution in [0.25, 0.3) is 5.70 Å². The largest absolute Gasteiger partial charge is 0.508 e. The predicted octanol–water partition coefficient (Wildman–Crippen LogP) is 4.80. The van der Waals surface area contributed by atoms with E-state index >= 15 is 0 Å². The van der Waals surface area contributed by atoms with Crippen molar-refractivity contribution in [1.29, 1.82) is 0 Å². The molecule has 6 heteroatoms. The van der Waals surface area contributed by atoms with Gasteiger partial charge in [0.1, 0.15) is 5.75 Å². The highest BCUT2D eigenvalue weighted by molar-refractivity contribution is 7.91. The molecule has 3 aliphatic rings. The van der Waals surface area contributed by atoms with Crippen LogP contribution in [0.5, 0.6) is 5.75 Å². The van der Waals surface area contributed by atoms with E-state index in [-0.39, 0.29) is 38.6 Å². The van der Waals surface area contributed by atoms with Crippen LogP contribution in [-0.2, 0) is 20.1 Å². The molecule has 0 spiro atoms. The molecule has 2 aliphatic carbocycles. The Morgan fingerprint density at radius 1 is 1.17 bits per heavy atom. The van der Waals surface area contributed by atoms with Crippen molar-refractivity contribution in [1.82, 2.24) is 5.48 Å². The van der Waals surface area contributed by atoms with Gasteiger partial charge in [-0.3, -0.25) is 10.3 Å². The molecule has 2 N–H and O–H groups in total. The van der Waals surface area contributed by atoms with Crippen LogP contribution in [-0.4, -0.2) is 26.4 Å². The molecule has 0 saturated heterocycles. The summed E-state index contributed by atoms with van der Waals surface area (Å²) >= 11 is 0. The molecular weight excluding hydrogens is 398 g/mol. The van der Waals surface area contributed by atoms with E-state index in [1.165, 1.54) is 13.5 Å². The van der Waals surface area contributed by atoms with E-state index in [1.807, 2.05) is 0 Å². The van der Waals surface area contributed by atoms with Gasteiger partial charge in [-0.05, 0) is 60.5 Å². The summed E-state index contributed by atoms with van der Waals surface area (Å²) in [5.74, 6) is 0.695. The molecule has 4 rings (SSSR count). The highest BCUT2D eigenvalue weighted by Gasteiger charge is 2.62. The number of fused-ring (bicyclic) bond motifs is 5. The number of nitrogens with one attached hydrogen (secondary N) is 1. The van der Waals surface area contributed by atoms with Crippen molar-refractivity contribution >= 4 is 15.5 Å². The number of benzene rings is 1. The van der Waals surface area contributed by atoms with E-state index in [0.717, 1.165) is 25.7 Å². The molecule has 1 aromatic rings. The molecular formula is C24H35NO4S. The first-order chi connectivity index (χ1) is 13.9. The van der Waals surface area contributed by atoms with Crippen LogP contribution in [0, 0.1) is 22.7 Å². The summed E-state index contributed by atoms with van der Waals surface area (Å²) < 4.78 is 27.1. The lowest BCUT2D eigenvalue weighted by Gasteiger charge is -2.63. The van der Waals surface area contributed by atoms with Crippen LogP contribution in [0.1, 0.15) is 70.9 Å². The number of hydrogen-bond acceptors (Lipinski definition) is 5. The molecule has 1 aliphatic heterocycles. The van der Waals surface area contributed by atoms with Crippen molar-refractivity contribution in [3.05, 3.63) is 29.8 Å². The Balaban J connectivity index is 1.89. The first-order valence-electron chi connectivity index (χ1n) is 11.0. The average molecular weight is 434 g/mol. The minimum atomic E-state index is -3.54. The summed E-state index contributed by atoms with van der Waals surface area (Å²) in [5, 5.41) is 11.1. The lowest BCUT2D eigenvalue weighted by Crippen LogP contribution is -2.59. The third-order valence-corrected chi connectivity index (χ3v) is 10.5. The highest BCUT2D eigenvalue weighted by Crippen LogP contribution is 2.67. The molecule has 30 heavy (non-hydrogen) atoms. The predicted molar refractivity (Wildman–Crippen MR) is 119 cm³/mol. The summed E-state index contributed by atoms with van der Waals surface area (Å²) in [6.07, 6.45) is 5.35. The fraction of sp³-hybridized carbons (Fsp3) is 0.667. The Morgan fingerprint density at radius 3 is 2.53 bits per heavy atom. The van der Waals surface area contributed by atoms with Crippen molar-refractivity contribution in [2.24, 2.45) is 22.7 Å². The third kappa shape index (κ3) is 2.94. The smallest absolute Gasteiger partial charge is 0.179 e. The highest BCUT2D eigenvalue weighted by atomic mass is 32.2. The van der Waals surface area contributed by atoms with Gasteiger partial charge < -0.3 is 5.11 Å². The van der Waals surface area contributed by atoms with E-state index in [1.54, 1.807) is 12.1 Å². The molecule has 166 valence electrons. The van der Waals surface area contributed by atoms with Crippen LogP contribution >= 0.6 is 0 Å². The second kappa shape index (κ2) is 6.73. The van der Waals surface area contributed by atoms with Gasteiger partial charge in [-0.1, -0.05) is 40.7 Å². The summed E-state index contributed by atoms with van der Waals surface area (Å²) in [6.45, 7) is 13.1. The molecule has 1 aromatic carbocycles. The third-order valence-electron chi connectivity index (χ3n) is 8.74. The molecule has 2 saturated carbocycles. The van der Waals surface area contributed by atoms with Gasteiger partial charge >= 0.3 is 0 Å². The molecule has 5 nitrogen and oxygen atoms in total. The molecule has 0 radical (unpaired) electrons. The number of phenols is 1. The Kier molecular flexibility index (Phi) is 4.87. The molecule has 0 unspecified atom stereocenters. The molecule has 0 bridgehead atoms. The zero-order valence-electron chi connectivity index (χ0n) is 18.8. The second-order valence-corrected chi connectivity index (χ2v) is 12.8. The maximum Gasteiger partial charge on any atom is 0.179 e. The van der Waals surface area contributed by atoms with Gasteiger partial charge in [-0.15, -0.1) is 0 Å². The van der Waals surface area contributed by atoms with Gasteiger partial charge in [0.15, 0.2) is 9.84 Å². The molecule has 4 atom stereocenters. The Morgan fingerprint density at radius 2 is 1.87 bits per heavy atom. The number of aromatic hydroxyl groups is 1. The number of hydroxylamine groups is 1. The van der Waals surface area contributed by atoms with E-state index in [9.17, 15) is 13.5 Å². The van der Waals surface area contributed by atoms with E-state index < -0.39 is 9.84 Å². The van der Waals surface area contributed by atoms with Crippen molar-refractivity contribution < 1.29 is 18.4 Å². The van der Waals surface area contributed by atoms with Crippen LogP contribution in [0.15, 0.2) is 23.6 Å². The lowest BCUT2D eigenvalue weighted by atomic mass is 9.43. The first kappa shape index (κ1) is 21.7. The van der Waals surface area contributed by atoms with Crippen molar-refractivity contribution in [2.75, 3.05) is 12.9 Å². The molecule has 1 heterocycles. The first-order valence-corrected chi connectivity index (χ1v) is 12.6. The zero-order chi connectivity index (χ0) is 22.1. The van der Waals surface area contributed by atoms with Gasteiger partial charge in [0.2, 0.25) is 0 Å². The number of phenolic OH excluding ortho intramolecular Hbond substituents is 1. The summed E-state index contributed by atoms with van der Waals surface area (Å²) in [5.41, 5.74) is 4.00. The Bertz CT molecular complexity index is 999. The zero-order valence-corrected chi connectivity index (χ0v) is 19.7. The van der Waals surface area contributed by atoms with Gasteiger partial charge in [0.05, 0.1) is 23.5 Å². The molecule has 0 aromatic heterocycles. The summed E-state index contributed by atoms with van der Waals surface area (Å²) in [6, 6.07) is 3.27. The Hall–Kier alpha value is -1.53. The van der Waals surface area contributed by atoms with Crippen LogP contribution < -0.4 is 5.48 Å². The number of rotatable bonds is 3. The van der Waals surface area contributed by atoms with Crippen LogP contribution in [0.2, 0.25) is 0 Å². The fourth-order valence-corrected chi connectivity index (χ4v) is 9.73. The van der Waals surface area contributed by atoms with Gasteiger partial charge in [0, 0.05) is 16.5 Å². The fourth-order valence-electron chi connectivity index (χ4n) is 7.41. The minimum absolute atomic E-state index is 0.00197. The standard InChI is InChI=1S/C24H35NO4S/c1-15(25-29-6)16-12-17(26)21-18(13-16)30(27,28)14-20-23(4)10-7-9-22(2,3)19(23)8-11-24(20,21)5/h12-13,19-20,25-26H,1,7-11,14H2,2-6H3/t19-,20+,23-,24+/m0/s1. The Labute approximate surface area is 180 Å².